The highest BCUT2D eigenvalue weighted by Crippen LogP contribution is 2.14. The minimum Gasteiger partial charge on any atom is -0.350 e. The number of nitrogens with zero attached hydrogens (tertiary/aromatic N) is 5. The van der Waals surface area contributed by atoms with E-state index in [0.717, 1.165) is 0 Å². The number of allylic oxidation sites excluding steroid dienone is 1. The molecule has 1 amide bonds. The molecule has 1 N–H and O–H groups in total. The van der Waals surface area contributed by atoms with Gasteiger partial charge in [0.25, 0.3) is 5.56 Å². The van der Waals surface area contributed by atoms with Gasteiger partial charge in [-0.1, -0.05) is 18.2 Å². The van der Waals surface area contributed by atoms with E-state index in [9.17, 15) is 9.59 Å². The number of likely N-dealkylation sites (N-methyl/N-ethyl adjacent to an activating group) is 1. The van der Waals surface area contributed by atoms with E-state index in [1.807, 2.05) is 50.9 Å². The molecule has 0 fully saturated rings. The Bertz CT molecular complexity index is 1200. The first-order valence-corrected chi connectivity index (χ1v) is 9.75. The largest absolute Gasteiger partial charge is 0.350 e. The SMILES string of the molecule is C=CCn1c(=O)c2ccccc2n2c(=S)n(CN(C)CC(=O)NC(C)(C)C)nc12. The van der Waals surface area contributed by atoms with Crippen molar-refractivity contribution >= 4 is 34.8 Å². The van der Waals surface area contributed by atoms with Crippen LogP contribution in [0.3, 0.4) is 0 Å². The molecular formula is C20H26N6O2S. The molecule has 0 aliphatic heterocycles. The maximum absolute atomic E-state index is 12.9. The lowest BCUT2D eigenvalue weighted by Gasteiger charge is -2.23. The van der Waals surface area contributed by atoms with Crippen molar-refractivity contribution in [2.75, 3.05) is 13.6 Å². The van der Waals surface area contributed by atoms with E-state index in [2.05, 4.69) is 17.0 Å². The first kappa shape index (κ1) is 20.9. The molecule has 1 aromatic carbocycles. The number of nitrogens with one attached hydrogen (secondary N) is 1. The van der Waals surface area contributed by atoms with Gasteiger partial charge in [-0.05, 0) is 52.2 Å². The summed E-state index contributed by atoms with van der Waals surface area (Å²) in [6.07, 6.45) is 1.65. The lowest BCUT2D eigenvalue weighted by atomic mass is 10.1. The van der Waals surface area contributed by atoms with E-state index in [1.165, 1.54) is 0 Å². The van der Waals surface area contributed by atoms with E-state index in [1.54, 1.807) is 25.8 Å². The molecule has 9 heteroatoms. The Morgan fingerprint density at radius 3 is 2.69 bits per heavy atom. The topological polar surface area (TPSA) is 76.6 Å². The number of aromatic nitrogens is 4. The van der Waals surface area contributed by atoms with Crippen LogP contribution in [0, 0.1) is 4.77 Å². The van der Waals surface area contributed by atoms with Crippen molar-refractivity contribution in [3.8, 4) is 0 Å². The van der Waals surface area contributed by atoms with Crippen LogP contribution in [0.25, 0.3) is 16.7 Å². The van der Waals surface area contributed by atoms with Crippen LogP contribution >= 0.6 is 12.2 Å². The molecule has 0 spiro atoms. The van der Waals surface area contributed by atoms with Crippen LogP contribution in [-0.4, -0.2) is 48.7 Å². The third-order valence-corrected chi connectivity index (χ3v) is 4.69. The summed E-state index contributed by atoms with van der Waals surface area (Å²) in [5.74, 6) is 0.371. The monoisotopic (exact) mass is 414 g/mol. The van der Waals surface area contributed by atoms with Gasteiger partial charge in [0.05, 0.1) is 24.1 Å². The molecular weight excluding hydrogens is 388 g/mol. The van der Waals surface area contributed by atoms with Gasteiger partial charge in [0.15, 0.2) is 0 Å². The third kappa shape index (κ3) is 4.30. The molecule has 0 aliphatic rings. The predicted molar refractivity (Wildman–Crippen MR) is 117 cm³/mol. The number of hydrogen-bond donors (Lipinski definition) is 1. The molecule has 0 atom stereocenters. The average molecular weight is 415 g/mol. The molecule has 0 unspecified atom stereocenters. The van der Waals surface area contributed by atoms with E-state index in [4.69, 9.17) is 12.2 Å². The van der Waals surface area contributed by atoms with Gasteiger partial charge in [0.1, 0.15) is 0 Å². The molecule has 0 bridgehead atoms. The van der Waals surface area contributed by atoms with Crippen molar-refractivity contribution in [3.63, 3.8) is 0 Å². The van der Waals surface area contributed by atoms with Gasteiger partial charge < -0.3 is 5.32 Å². The Morgan fingerprint density at radius 2 is 2.03 bits per heavy atom. The van der Waals surface area contributed by atoms with Gasteiger partial charge in [-0.15, -0.1) is 11.7 Å². The molecule has 29 heavy (non-hydrogen) atoms. The van der Waals surface area contributed by atoms with Gasteiger partial charge in [0, 0.05) is 12.1 Å². The molecule has 0 aliphatic carbocycles. The van der Waals surface area contributed by atoms with Crippen LogP contribution < -0.4 is 10.9 Å². The van der Waals surface area contributed by atoms with Crippen molar-refractivity contribution in [1.82, 2.24) is 29.0 Å². The fraction of sp³-hybridized carbons (Fsp3) is 0.400. The molecule has 3 aromatic rings. The average Bonchev–Trinajstić information content (AvgIpc) is 2.93. The first-order chi connectivity index (χ1) is 13.6. The highest BCUT2D eigenvalue weighted by Gasteiger charge is 2.18. The normalized spacial score (nSPS) is 12.0. The fourth-order valence-electron chi connectivity index (χ4n) is 3.23. The second-order valence-corrected chi connectivity index (χ2v) is 8.46. The first-order valence-electron chi connectivity index (χ1n) is 9.34. The number of fused-ring (bicyclic) bond motifs is 3. The standard InChI is InChI=1S/C20H26N6O2S/c1-6-11-24-17(28)14-9-7-8-10-15(14)26-18(24)22-25(19(26)29)13-23(5)12-16(27)21-20(2,3)4/h6-10H,1,11-13H2,2-5H3,(H,21,27). The maximum Gasteiger partial charge on any atom is 0.263 e. The summed E-state index contributed by atoms with van der Waals surface area (Å²) < 4.78 is 5.42. The second kappa shape index (κ2) is 7.92. The van der Waals surface area contributed by atoms with Gasteiger partial charge >= 0.3 is 0 Å². The number of carbonyl (C=O) groups is 1. The minimum atomic E-state index is -0.295. The molecule has 3 rings (SSSR count). The van der Waals surface area contributed by atoms with Gasteiger partial charge in [-0.3, -0.25) is 23.5 Å². The fourth-order valence-corrected chi connectivity index (χ4v) is 3.51. The second-order valence-electron chi connectivity index (χ2n) is 8.09. The highest BCUT2D eigenvalue weighted by molar-refractivity contribution is 7.71. The lowest BCUT2D eigenvalue weighted by molar-refractivity contribution is -0.123. The summed E-state index contributed by atoms with van der Waals surface area (Å²) in [6.45, 7) is 10.4. The summed E-state index contributed by atoms with van der Waals surface area (Å²) >= 11 is 5.66. The summed E-state index contributed by atoms with van der Waals surface area (Å²) in [5, 5.41) is 8.08. The van der Waals surface area contributed by atoms with Crippen LogP contribution in [0.1, 0.15) is 20.8 Å². The zero-order valence-corrected chi connectivity index (χ0v) is 18.0. The molecule has 2 heterocycles. The molecule has 8 nitrogen and oxygen atoms in total. The van der Waals surface area contributed by atoms with E-state index < -0.39 is 0 Å². The Labute approximate surface area is 174 Å². The Balaban J connectivity index is 2.04. The highest BCUT2D eigenvalue weighted by atomic mass is 32.1. The quantitative estimate of drug-likeness (QED) is 0.494. The summed E-state index contributed by atoms with van der Waals surface area (Å²) in [6, 6.07) is 7.31. The third-order valence-electron chi connectivity index (χ3n) is 4.30. The van der Waals surface area contributed by atoms with Crippen LogP contribution in [0.4, 0.5) is 0 Å². The molecule has 0 radical (unpaired) electrons. The lowest BCUT2D eigenvalue weighted by Crippen LogP contribution is -2.45. The van der Waals surface area contributed by atoms with Crippen molar-refractivity contribution in [2.24, 2.45) is 0 Å². The maximum atomic E-state index is 12.9. The van der Waals surface area contributed by atoms with Gasteiger partial charge in [-0.2, -0.15) is 0 Å². The van der Waals surface area contributed by atoms with Crippen molar-refractivity contribution < 1.29 is 4.79 Å². The number of hydrogen-bond acceptors (Lipinski definition) is 5. The van der Waals surface area contributed by atoms with Crippen LogP contribution in [0.15, 0.2) is 41.7 Å². The number of carbonyl (C=O) groups excluding carboxylic acids is 1. The zero-order valence-electron chi connectivity index (χ0n) is 17.2. The van der Waals surface area contributed by atoms with Gasteiger partial charge in [0.2, 0.25) is 16.5 Å². The van der Waals surface area contributed by atoms with Crippen molar-refractivity contribution in [3.05, 3.63) is 52.0 Å². The number of benzene rings is 1. The predicted octanol–water partition coefficient (Wildman–Crippen LogP) is 2.17. The Morgan fingerprint density at radius 1 is 1.34 bits per heavy atom. The van der Waals surface area contributed by atoms with Crippen LogP contribution in [0.2, 0.25) is 0 Å². The zero-order chi connectivity index (χ0) is 21.3. The molecule has 0 saturated heterocycles. The molecule has 0 saturated carbocycles. The summed E-state index contributed by atoms with van der Waals surface area (Å²) in [4.78, 5) is 26.9. The number of rotatable bonds is 6. The van der Waals surface area contributed by atoms with Crippen LogP contribution in [-0.2, 0) is 18.0 Å². The number of amides is 1. The summed E-state index contributed by atoms with van der Waals surface area (Å²) in [7, 11) is 1.82. The molecule has 154 valence electrons. The summed E-state index contributed by atoms with van der Waals surface area (Å²) in [5.41, 5.74) is 0.270. The van der Waals surface area contributed by atoms with Crippen molar-refractivity contribution in [2.45, 2.75) is 39.5 Å². The van der Waals surface area contributed by atoms with E-state index in [0.29, 0.717) is 34.7 Å². The Kier molecular flexibility index (Phi) is 5.72. The van der Waals surface area contributed by atoms with Crippen molar-refractivity contribution in [1.29, 1.82) is 0 Å². The van der Waals surface area contributed by atoms with Crippen LogP contribution in [0.5, 0.6) is 0 Å². The molecule has 2 aromatic heterocycles. The van der Waals surface area contributed by atoms with E-state index in [-0.39, 0.29) is 23.6 Å². The Hall–Kier alpha value is -2.78. The smallest absolute Gasteiger partial charge is 0.263 e. The minimum absolute atomic E-state index is 0.0794. The van der Waals surface area contributed by atoms with Gasteiger partial charge in [-0.25, -0.2) is 4.68 Å². The number of para-hydroxylation sites is 1. The van der Waals surface area contributed by atoms with E-state index >= 15 is 0 Å².